The van der Waals surface area contributed by atoms with Gasteiger partial charge in [0.05, 0.1) is 6.10 Å². The van der Waals surface area contributed by atoms with E-state index in [9.17, 15) is 0 Å². The first-order valence-electron chi connectivity index (χ1n) is 9.32. The molecule has 0 aromatic carbocycles. The van der Waals surface area contributed by atoms with Crippen LogP contribution in [0.2, 0.25) is 0 Å². The number of ether oxygens (including phenoxy) is 1. The molecule has 0 aromatic rings. The fourth-order valence-electron chi connectivity index (χ4n) is 2.32. The van der Waals surface area contributed by atoms with Crippen molar-refractivity contribution in [3.63, 3.8) is 0 Å². The number of rotatable bonds is 15. The lowest BCUT2D eigenvalue weighted by atomic mass is 10.1. The van der Waals surface area contributed by atoms with Gasteiger partial charge >= 0.3 is 0 Å². The van der Waals surface area contributed by atoms with Crippen LogP contribution in [0.1, 0.15) is 84.5 Å². The second-order valence-corrected chi connectivity index (χ2v) is 5.96. The third kappa shape index (κ3) is 15.6. The van der Waals surface area contributed by atoms with E-state index < -0.39 is 0 Å². The van der Waals surface area contributed by atoms with Crippen LogP contribution in [0.5, 0.6) is 0 Å². The van der Waals surface area contributed by atoms with Crippen LogP contribution in [-0.2, 0) is 4.74 Å². The molecule has 0 heterocycles. The molecule has 1 heteroatoms. The fraction of sp³-hybridized carbons (Fsp3) is 0.714. The van der Waals surface area contributed by atoms with Gasteiger partial charge in [-0.25, -0.2) is 0 Å². The lowest BCUT2D eigenvalue weighted by Crippen LogP contribution is -2.08. The van der Waals surface area contributed by atoms with Gasteiger partial charge in [0.2, 0.25) is 0 Å². The molecule has 0 N–H and O–H groups in total. The summed E-state index contributed by atoms with van der Waals surface area (Å²) in [5.41, 5.74) is 0. The Bertz CT molecular complexity index is 288. The molecule has 0 unspecified atom stereocenters. The Labute approximate surface area is 139 Å². The molecule has 1 atom stereocenters. The molecule has 0 rings (SSSR count). The van der Waals surface area contributed by atoms with Crippen LogP contribution in [-0.4, -0.2) is 13.2 Å². The highest BCUT2D eigenvalue weighted by Crippen LogP contribution is 2.09. The van der Waals surface area contributed by atoms with Gasteiger partial charge in [-0.2, -0.15) is 0 Å². The first kappa shape index (κ1) is 21.2. The minimum atomic E-state index is 0.368. The van der Waals surface area contributed by atoms with Crippen molar-refractivity contribution in [2.24, 2.45) is 0 Å². The maximum absolute atomic E-state index is 5.55. The Morgan fingerprint density at radius 1 is 0.727 bits per heavy atom. The van der Waals surface area contributed by atoms with Gasteiger partial charge in [-0.05, 0) is 44.9 Å². The molecule has 0 aliphatic carbocycles. The Morgan fingerprint density at radius 2 is 1.36 bits per heavy atom. The Balaban J connectivity index is 3.61. The van der Waals surface area contributed by atoms with E-state index >= 15 is 0 Å². The van der Waals surface area contributed by atoms with E-state index in [1.54, 1.807) is 0 Å². The molecule has 0 saturated heterocycles. The van der Waals surface area contributed by atoms with Crippen LogP contribution < -0.4 is 0 Å². The maximum Gasteiger partial charge on any atom is 0.0608 e. The minimum absolute atomic E-state index is 0.368. The average Bonchev–Trinajstić information content (AvgIpc) is 2.54. The summed E-state index contributed by atoms with van der Waals surface area (Å²) >= 11 is 0. The number of hydrogen-bond donors (Lipinski definition) is 0. The lowest BCUT2D eigenvalue weighted by Gasteiger charge is -2.11. The summed E-state index contributed by atoms with van der Waals surface area (Å²) in [7, 11) is 1.83. The highest BCUT2D eigenvalue weighted by atomic mass is 16.5. The Kier molecular flexibility index (Phi) is 17.6. The van der Waals surface area contributed by atoms with Gasteiger partial charge in [0.1, 0.15) is 0 Å². The van der Waals surface area contributed by atoms with E-state index in [2.05, 4.69) is 50.3 Å². The van der Waals surface area contributed by atoms with Crippen LogP contribution in [0, 0.1) is 0 Å². The normalized spacial score (nSPS) is 13.8. The van der Waals surface area contributed by atoms with Gasteiger partial charge < -0.3 is 4.74 Å². The van der Waals surface area contributed by atoms with Gasteiger partial charge in [0, 0.05) is 7.11 Å². The molecule has 0 amide bonds. The van der Waals surface area contributed by atoms with E-state index in [1.165, 1.54) is 44.9 Å². The maximum atomic E-state index is 5.55. The molecule has 0 aromatic heterocycles. The van der Waals surface area contributed by atoms with Crippen LogP contribution in [0.25, 0.3) is 0 Å². The minimum Gasteiger partial charge on any atom is -0.381 e. The average molecular weight is 307 g/mol. The van der Waals surface area contributed by atoms with Crippen LogP contribution >= 0.6 is 0 Å². The lowest BCUT2D eigenvalue weighted by molar-refractivity contribution is 0.0985. The van der Waals surface area contributed by atoms with E-state index in [4.69, 9.17) is 4.74 Å². The molecular weight excluding hydrogens is 268 g/mol. The van der Waals surface area contributed by atoms with Crippen molar-refractivity contribution in [3.05, 3.63) is 36.5 Å². The van der Waals surface area contributed by atoms with Crippen LogP contribution in [0.15, 0.2) is 36.5 Å². The second-order valence-electron chi connectivity index (χ2n) is 5.96. The molecular formula is C21H38O. The number of unbranched alkanes of at least 4 members (excludes halogenated alkanes) is 5. The van der Waals surface area contributed by atoms with Gasteiger partial charge in [0.25, 0.3) is 0 Å². The van der Waals surface area contributed by atoms with Crippen molar-refractivity contribution in [1.29, 1.82) is 0 Å². The van der Waals surface area contributed by atoms with Crippen molar-refractivity contribution >= 4 is 0 Å². The SMILES string of the molecule is CCCC/C=C\C/C=C\CC[C@@H](C/C=C\CCCCC)OC. The van der Waals surface area contributed by atoms with Crippen molar-refractivity contribution in [1.82, 2.24) is 0 Å². The van der Waals surface area contributed by atoms with E-state index in [0.29, 0.717) is 6.10 Å². The summed E-state index contributed by atoms with van der Waals surface area (Å²) in [6.07, 6.45) is 27.5. The predicted octanol–water partition coefficient (Wildman–Crippen LogP) is 7.00. The highest BCUT2D eigenvalue weighted by molar-refractivity contribution is 4.93. The first-order chi connectivity index (χ1) is 10.8. The monoisotopic (exact) mass is 306 g/mol. The summed E-state index contributed by atoms with van der Waals surface area (Å²) in [6, 6.07) is 0. The number of methoxy groups -OCH3 is 1. The molecule has 0 fully saturated rings. The zero-order valence-electron chi connectivity index (χ0n) is 15.2. The zero-order chi connectivity index (χ0) is 16.3. The molecule has 0 bridgehead atoms. The van der Waals surface area contributed by atoms with E-state index in [0.717, 1.165) is 25.7 Å². The molecule has 0 saturated carbocycles. The summed E-state index contributed by atoms with van der Waals surface area (Å²) < 4.78 is 5.55. The largest absolute Gasteiger partial charge is 0.381 e. The van der Waals surface area contributed by atoms with Crippen molar-refractivity contribution in [3.8, 4) is 0 Å². The van der Waals surface area contributed by atoms with Gasteiger partial charge in [-0.1, -0.05) is 76.0 Å². The summed E-state index contributed by atoms with van der Waals surface area (Å²) in [4.78, 5) is 0. The molecule has 128 valence electrons. The fourth-order valence-corrected chi connectivity index (χ4v) is 2.32. The Morgan fingerprint density at radius 3 is 2.05 bits per heavy atom. The quantitative estimate of drug-likeness (QED) is 0.234. The van der Waals surface area contributed by atoms with Gasteiger partial charge in [-0.3, -0.25) is 0 Å². The van der Waals surface area contributed by atoms with Crippen molar-refractivity contribution < 1.29 is 4.74 Å². The molecule has 22 heavy (non-hydrogen) atoms. The van der Waals surface area contributed by atoms with E-state index in [-0.39, 0.29) is 0 Å². The molecule has 0 aliphatic rings. The molecule has 0 aliphatic heterocycles. The second kappa shape index (κ2) is 18.2. The van der Waals surface area contributed by atoms with E-state index in [1.807, 2.05) is 7.11 Å². The standard InChI is InChI=1S/C21H38O/c1-4-6-8-10-12-13-14-16-18-20-21(22-3)19-17-15-11-9-7-5-2/h10,12,14-17,21H,4-9,11,13,18-20H2,1-3H3/b12-10-,16-14-,17-15-/t21-/m1/s1. The third-order valence-corrected chi connectivity index (χ3v) is 3.86. The highest BCUT2D eigenvalue weighted by Gasteiger charge is 2.02. The summed E-state index contributed by atoms with van der Waals surface area (Å²) in [5.74, 6) is 0. The topological polar surface area (TPSA) is 9.23 Å². The smallest absolute Gasteiger partial charge is 0.0608 e. The number of hydrogen-bond acceptors (Lipinski definition) is 1. The van der Waals surface area contributed by atoms with Gasteiger partial charge in [0.15, 0.2) is 0 Å². The summed E-state index contributed by atoms with van der Waals surface area (Å²) in [5, 5.41) is 0. The third-order valence-electron chi connectivity index (χ3n) is 3.86. The van der Waals surface area contributed by atoms with Crippen molar-refractivity contribution in [2.75, 3.05) is 7.11 Å². The zero-order valence-corrected chi connectivity index (χ0v) is 15.2. The van der Waals surface area contributed by atoms with Gasteiger partial charge in [-0.15, -0.1) is 0 Å². The molecule has 1 nitrogen and oxygen atoms in total. The van der Waals surface area contributed by atoms with Crippen LogP contribution in [0.4, 0.5) is 0 Å². The van der Waals surface area contributed by atoms with Crippen molar-refractivity contribution in [2.45, 2.75) is 90.6 Å². The van der Waals surface area contributed by atoms with Crippen LogP contribution in [0.3, 0.4) is 0 Å². The predicted molar refractivity (Wildman–Crippen MR) is 100 cm³/mol. The summed E-state index contributed by atoms with van der Waals surface area (Å²) in [6.45, 7) is 4.49. The number of allylic oxidation sites excluding steroid dienone is 5. The first-order valence-corrected chi connectivity index (χ1v) is 9.32. The Hall–Kier alpha value is -0.820. The molecule has 0 radical (unpaired) electrons. The molecule has 0 spiro atoms.